The Morgan fingerprint density at radius 2 is 1.89 bits per heavy atom. The number of rotatable bonds is 4. The Balaban J connectivity index is 2.54. The average molecular weight is 273 g/mol. The van der Waals surface area contributed by atoms with Crippen molar-refractivity contribution in [2.24, 2.45) is 0 Å². The molecule has 2 nitrogen and oxygen atoms in total. The molecule has 0 N–H and O–H groups in total. The maximum atomic E-state index is 12.5. The molecule has 0 atom stereocenters. The van der Waals surface area contributed by atoms with Gasteiger partial charge in [0.2, 0.25) is 0 Å². The van der Waals surface area contributed by atoms with E-state index in [4.69, 9.17) is 11.6 Å². The largest absolute Gasteiger partial charge is 0.298 e. The molecule has 0 heterocycles. The molecule has 19 heavy (non-hydrogen) atoms. The molecule has 0 saturated heterocycles. The van der Waals surface area contributed by atoms with E-state index in [2.05, 4.69) is 0 Å². The standard InChI is InChI=1S/C16H13ClO2/c1-2-11-7-8-12(10-18)14(9-11)16(19)13-5-3-4-6-15(13)17/h3-10H,2H2,1H3. The number of hydrogen-bond donors (Lipinski definition) is 0. The van der Waals surface area contributed by atoms with Crippen LogP contribution >= 0.6 is 11.6 Å². The monoisotopic (exact) mass is 272 g/mol. The van der Waals surface area contributed by atoms with Crippen LogP contribution in [0, 0.1) is 0 Å². The van der Waals surface area contributed by atoms with E-state index in [1.165, 1.54) is 0 Å². The number of benzene rings is 2. The van der Waals surface area contributed by atoms with Crippen LogP contribution in [0.3, 0.4) is 0 Å². The first kappa shape index (κ1) is 13.5. The lowest BCUT2D eigenvalue weighted by molar-refractivity contribution is 0.102. The molecule has 0 spiro atoms. The van der Waals surface area contributed by atoms with Crippen molar-refractivity contribution in [1.82, 2.24) is 0 Å². The number of ketones is 1. The predicted molar refractivity (Wildman–Crippen MR) is 76.1 cm³/mol. The van der Waals surface area contributed by atoms with Crippen LogP contribution < -0.4 is 0 Å². The Morgan fingerprint density at radius 3 is 2.53 bits per heavy atom. The third-order valence-corrected chi connectivity index (χ3v) is 3.35. The minimum absolute atomic E-state index is 0.219. The number of aryl methyl sites for hydroxylation is 1. The van der Waals surface area contributed by atoms with Crippen LogP contribution in [0.4, 0.5) is 0 Å². The molecule has 2 rings (SSSR count). The topological polar surface area (TPSA) is 34.1 Å². The molecule has 96 valence electrons. The Labute approximate surface area is 117 Å². The van der Waals surface area contributed by atoms with Crippen molar-refractivity contribution in [2.45, 2.75) is 13.3 Å². The van der Waals surface area contributed by atoms with Crippen molar-refractivity contribution in [3.8, 4) is 0 Å². The number of halogens is 1. The highest BCUT2D eigenvalue weighted by Crippen LogP contribution is 2.21. The van der Waals surface area contributed by atoms with Crippen LogP contribution in [0.1, 0.15) is 38.8 Å². The first-order valence-electron chi connectivity index (χ1n) is 6.04. The van der Waals surface area contributed by atoms with Gasteiger partial charge in [-0.25, -0.2) is 0 Å². The molecule has 0 aromatic heterocycles. The summed E-state index contributed by atoms with van der Waals surface area (Å²) in [5, 5.41) is 0.395. The summed E-state index contributed by atoms with van der Waals surface area (Å²) in [7, 11) is 0. The molecule has 0 radical (unpaired) electrons. The van der Waals surface area contributed by atoms with Crippen molar-refractivity contribution < 1.29 is 9.59 Å². The quantitative estimate of drug-likeness (QED) is 0.624. The van der Waals surface area contributed by atoms with Crippen LogP contribution in [0.25, 0.3) is 0 Å². The highest BCUT2D eigenvalue weighted by Gasteiger charge is 2.16. The van der Waals surface area contributed by atoms with Crippen molar-refractivity contribution in [3.63, 3.8) is 0 Å². The SMILES string of the molecule is CCc1ccc(C=O)c(C(=O)c2ccccc2Cl)c1. The van der Waals surface area contributed by atoms with Gasteiger partial charge in [-0.1, -0.05) is 42.8 Å². The zero-order valence-electron chi connectivity index (χ0n) is 10.5. The van der Waals surface area contributed by atoms with Crippen LogP contribution in [-0.2, 0) is 6.42 Å². The van der Waals surface area contributed by atoms with E-state index in [0.29, 0.717) is 28.0 Å². The maximum Gasteiger partial charge on any atom is 0.195 e. The molecule has 0 aliphatic heterocycles. The Kier molecular flexibility index (Phi) is 4.13. The third kappa shape index (κ3) is 2.74. The Morgan fingerprint density at radius 1 is 1.16 bits per heavy atom. The third-order valence-electron chi connectivity index (χ3n) is 3.02. The first-order valence-corrected chi connectivity index (χ1v) is 6.42. The lowest BCUT2D eigenvalue weighted by Gasteiger charge is -2.07. The zero-order valence-corrected chi connectivity index (χ0v) is 11.3. The van der Waals surface area contributed by atoms with Gasteiger partial charge in [0.1, 0.15) is 0 Å². The van der Waals surface area contributed by atoms with Gasteiger partial charge < -0.3 is 0 Å². The maximum absolute atomic E-state index is 12.5. The van der Waals surface area contributed by atoms with Crippen LogP contribution in [-0.4, -0.2) is 12.1 Å². The Bertz CT molecular complexity index is 632. The molecule has 0 saturated carbocycles. The summed E-state index contributed by atoms with van der Waals surface area (Å²) < 4.78 is 0. The second-order valence-corrected chi connectivity index (χ2v) is 4.61. The van der Waals surface area contributed by atoms with E-state index < -0.39 is 0 Å². The molecule has 0 unspecified atom stereocenters. The van der Waals surface area contributed by atoms with Gasteiger partial charge in [0.05, 0.1) is 5.02 Å². The molecular formula is C16H13ClO2. The summed E-state index contributed by atoms with van der Waals surface area (Å²) >= 11 is 6.03. The van der Waals surface area contributed by atoms with Gasteiger partial charge in [-0.2, -0.15) is 0 Å². The van der Waals surface area contributed by atoms with Gasteiger partial charge in [-0.15, -0.1) is 0 Å². The fraction of sp³-hybridized carbons (Fsp3) is 0.125. The summed E-state index contributed by atoms with van der Waals surface area (Å²) in [6.07, 6.45) is 1.51. The van der Waals surface area contributed by atoms with Crippen LogP contribution in [0.15, 0.2) is 42.5 Å². The minimum Gasteiger partial charge on any atom is -0.298 e. The number of carbonyl (C=O) groups excluding carboxylic acids is 2. The van der Waals surface area contributed by atoms with Crippen molar-refractivity contribution in [1.29, 1.82) is 0 Å². The van der Waals surface area contributed by atoms with E-state index in [9.17, 15) is 9.59 Å². The van der Waals surface area contributed by atoms with Crippen molar-refractivity contribution >= 4 is 23.7 Å². The van der Waals surface area contributed by atoms with E-state index in [-0.39, 0.29) is 5.78 Å². The van der Waals surface area contributed by atoms with E-state index in [1.54, 1.807) is 36.4 Å². The highest BCUT2D eigenvalue weighted by molar-refractivity contribution is 6.35. The fourth-order valence-corrected chi connectivity index (χ4v) is 2.13. The van der Waals surface area contributed by atoms with E-state index in [1.807, 2.05) is 13.0 Å². The smallest absolute Gasteiger partial charge is 0.195 e. The zero-order chi connectivity index (χ0) is 13.8. The highest BCUT2D eigenvalue weighted by atomic mass is 35.5. The second-order valence-electron chi connectivity index (χ2n) is 4.20. The molecular weight excluding hydrogens is 260 g/mol. The first-order chi connectivity index (χ1) is 9.17. The van der Waals surface area contributed by atoms with Crippen LogP contribution in [0.2, 0.25) is 5.02 Å². The van der Waals surface area contributed by atoms with E-state index in [0.717, 1.165) is 12.0 Å². The van der Waals surface area contributed by atoms with Gasteiger partial charge in [0.15, 0.2) is 12.1 Å². The van der Waals surface area contributed by atoms with Crippen molar-refractivity contribution in [2.75, 3.05) is 0 Å². The molecule has 0 aliphatic rings. The summed E-state index contributed by atoms with van der Waals surface area (Å²) in [6.45, 7) is 2.00. The van der Waals surface area contributed by atoms with Gasteiger partial charge >= 0.3 is 0 Å². The van der Waals surface area contributed by atoms with Gasteiger partial charge in [0.25, 0.3) is 0 Å². The summed E-state index contributed by atoms with van der Waals surface area (Å²) in [6, 6.07) is 12.1. The van der Waals surface area contributed by atoms with E-state index >= 15 is 0 Å². The molecule has 0 aliphatic carbocycles. The molecule has 0 bridgehead atoms. The van der Waals surface area contributed by atoms with Crippen molar-refractivity contribution in [3.05, 3.63) is 69.7 Å². The summed E-state index contributed by atoms with van der Waals surface area (Å²) in [5.74, 6) is -0.219. The fourth-order valence-electron chi connectivity index (χ4n) is 1.91. The Hall–Kier alpha value is -1.93. The lowest BCUT2D eigenvalue weighted by atomic mass is 9.96. The summed E-state index contributed by atoms with van der Waals surface area (Å²) in [5.41, 5.74) is 2.23. The molecule has 0 amide bonds. The van der Waals surface area contributed by atoms with Gasteiger partial charge in [-0.05, 0) is 30.2 Å². The number of aldehydes is 1. The molecule has 3 heteroatoms. The minimum atomic E-state index is -0.219. The average Bonchev–Trinajstić information content (AvgIpc) is 2.46. The molecule has 2 aromatic rings. The molecule has 2 aromatic carbocycles. The number of carbonyl (C=O) groups is 2. The van der Waals surface area contributed by atoms with Gasteiger partial charge in [-0.3, -0.25) is 9.59 Å². The lowest BCUT2D eigenvalue weighted by Crippen LogP contribution is -2.06. The second kappa shape index (κ2) is 5.81. The predicted octanol–water partition coefficient (Wildman–Crippen LogP) is 3.95. The van der Waals surface area contributed by atoms with Gasteiger partial charge in [0, 0.05) is 16.7 Å². The molecule has 0 fully saturated rings. The van der Waals surface area contributed by atoms with Crippen LogP contribution in [0.5, 0.6) is 0 Å². The number of hydrogen-bond acceptors (Lipinski definition) is 2. The normalized spacial score (nSPS) is 10.2. The summed E-state index contributed by atoms with van der Waals surface area (Å²) in [4.78, 5) is 23.5.